The molecule has 3 unspecified atom stereocenters. The summed E-state index contributed by atoms with van der Waals surface area (Å²) in [6.07, 6.45) is 7.29. The molecule has 2 aliphatic rings. The highest BCUT2D eigenvalue weighted by atomic mass is 32.2. The Morgan fingerprint density at radius 2 is 1.90 bits per heavy atom. The Hall–Kier alpha value is -1.33. The Morgan fingerprint density at radius 1 is 1.14 bits per heavy atom. The molecule has 1 fully saturated rings. The molecule has 0 amide bonds. The number of rotatable bonds is 6. The molecule has 4 nitrogen and oxygen atoms in total. The number of hydrogen-bond donors (Lipinski definition) is 2. The Kier molecular flexibility index (Phi) is 4.04. The van der Waals surface area contributed by atoms with E-state index >= 15 is 0 Å². The lowest BCUT2D eigenvalue weighted by Crippen LogP contribution is -2.23. The van der Waals surface area contributed by atoms with Crippen molar-refractivity contribution >= 4 is 15.7 Å². The van der Waals surface area contributed by atoms with Crippen molar-refractivity contribution in [2.45, 2.75) is 24.7 Å². The third-order valence-electron chi connectivity index (χ3n) is 4.48. The SMILES string of the molecule is CCNS(=O)(=O)c1ccc(NCC2CC3C=CC2C3)cc1. The number of fused-ring (bicyclic) bond motifs is 2. The summed E-state index contributed by atoms with van der Waals surface area (Å²) in [6.45, 7) is 3.14. The van der Waals surface area contributed by atoms with E-state index in [1.807, 2.05) is 12.1 Å². The Labute approximate surface area is 126 Å². The molecule has 3 rings (SSSR count). The number of allylic oxidation sites excluding steroid dienone is 2. The van der Waals surface area contributed by atoms with Crippen molar-refractivity contribution < 1.29 is 8.42 Å². The van der Waals surface area contributed by atoms with Gasteiger partial charge in [0.2, 0.25) is 10.0 Å². The predicted octanol–water partition coefficient (Wildman–Crippen LogP) is 2.61. The van der Waals surface area contributed by atoms with Gasteiger partial charge in [-0.15, -0.1) is 0 Å². The first kappa shape index (κ1) is 14.6. The number of anilines is 1. The van der Waals surface area contributed by atoms with Crippen LogP contribution in [0.3, 0.4) is 0 Å². The molecule has 0 aromatic heterocycles. The maximum absolute atomic E-state index is 11.9. The standard InChI is InChI=1S/C16H22N2O2S/c1-2-18-21(19,20)16-7-5-15(6-8-16)17-11-14-10-12-3-4-13(14)9-12/h3-8,12-14,17-18H,2,9-11H2,1H3. The van der Waals surface area contributed by atoms with Crippen LogP contribution in [0.5, 0.6) is 0 Å². The highest BCUT2D eigenvalue weighted by molar-refractivity contribution is 7.89. The quantitative estimate of drug-likeness (QED) is 0.794. The summed E-state index contributed by atoms with van der Waals surface area (Å²) >= 11 is 0. The van der Waals surface area contributed by atoms with Gasteiger partial charge in [-0.05, 0) is 54.9 Å². The van der Waals surface area contributed by atoms with Gasteiger partial charge >= 0.3 is 0 Å². The highest BCUT2D eigenvalue weighted by Gasteiger charge is 2.35. The summed E-state index contributed by atoms with van der Waals surface area (Å²) in [4.78, 5) is 0.317. The molecule has 1 aromatic carbocycles. The number of nitrogens with one attached hydrogen (secondary N) is 2. The molecule has 21 heavy (non-hydrogen) atoms. The molecule has 1 aromatic rings. The minimum absolute atomic E-state index is 0.317. The van der Waals surface area contributed by atoms with Gasteiger partial charge in [-0.1, -0.05) is 19.1 Å². The van der Waals surface area contributed by atoms with Crippen molar-refractivity contribution in [2.24, 2.45) is 17.8 Å². The largest absolute Gasteiger partial charge is 0.385 e. The Morgan fingerprint density at radius 3 is 2.48 bits per heavy atom. The normalized spacial score (nSPS) is 27.2. The molecule has 0 spiro atoms. The van der Waals surface area contributed by atoms with Crippen LogP contribution < -0.4 is 10.0 Å². The average Bonchev–Trinajstić information content (AvgIpc) is 3.08. The maximum atomic E-state index is 11.9. The van der Waals surface area contributed by atoms with Crippen LogP contribution in [0.1, 0.15) is 19.8 Å². The summed E-state index contributed by atoms with van der Waals surface area (Å²) < 4.78 is 26.2. The maximum Gasteiger partial charge on any atom is 0.240 e. The van der Waals surface area contributed by atoms with Gasteiger partial charge in [0.05, 0.1) is 4.90 Å². The van der Waals surface area contributed by atoms with Crippen molar-refractivity contribution in [1.29, 1.82) is 0 Å². The molecular formula is C16H22N2O2S. The molecule has 2 bridgehead atoms. The first-order valence-electron chi connectivity index (χ1n) is 7.60. The fraction of sp³-hybridized carbons (Fsp3) is 0.500. The second-order valence-corrected chi connectivity index (χ2v) is 7.71. The van der Waals surface area contributed by atoms with Crippen LogP contribution in [0.15, 0.2) is 41.3 Å². The third-order valence-corrected chi connectivity index (χ3v) is 6.05. The molecule has 114 valence electrons. The van der Waals surface area contributed by atoms with E-state index in [2.05, 4.69) is 22.2 Å². The zero-order valence-electron chi connectivity index (χ0n) is 12.2. The van der Waals surface area contributed by atoms with Gasteiger partial charge in [-0.2, -0.15) is 0 Å². The van der Waals surface area contributed by atoms with Crippen LogP contribution in [0.25, 0.3) is 0 Å². The van der Waals surface area contributed by atoms with Crippen molar-refractivity contribution in [1.82, 2.24) is 4.72 Å². The van der Waals surface area contributed by atoms with E-state index in [1.165, 1.54) is 12.8 Å². The Bertz CT molecular complexity index is 622. The van der Waals surface area contributed by atoms with E-state index < -0.39 is 10.0 Å². The van der Waals surface area contributed by atoms with E-state index in [0.29, 0.717) is 17.4 Å². The topological polar surface area (TPSA) is 58.2 Å². The molecule has 0 saturated heterocycles. The molecule has 0 radical (unpaired) electrons. The second-order valence-electron chi connectivity index (χ2n) is 5.95. The predicted molar refractivity (Wildman–Crippen MR) is 84.6 cm³/mol. The molecule has 1 saturated carbocycles. The molecule has 2 N–H and O–H groups in total. The summed E-state index contributed by atoms with van der Waals surface area (Å²) in [5, 5.41) is 3.43. The Balaban J connectivity index is 1.59. The van der Waals surface area contributed by atoms with Gasteiger partial charge in [0.15, 0.2) is 0 Å². The van der Waals surface area contributed by atoms with Gasteiger partial charge in [0.25, 0.3) is 0 Å². The van der Waals surface area contributed by atoms with Crippen molar-refractivity contribution in [3.63, 3.8) is 0 Å². The zero-order valence-corrected chi connectivity index (χ0v) is 13.1. The first-order valence-corrected chi connectivity index (χ1v) is 9.08. The van der Waals surface area contributed by atoms with Crippen LogP contribution in [-0.4, -0.2) is 21.5 Å². The van der Waals surface area contributed by atoms with Crippen LogP contribution in [-0.2, 0) is 10.0 Å². The average molecular weight is 306 g/mol. The van der Waals surface area contributed by atoms with Gasteiger partial charge in [0, 0.05) is 18.8 Å². The molecule has 0 aliphatic heterocycles. The molecule has 5 heteroatoms. The van der Waals surface area contributed by atoms with Gasteiger partial charge in [-0.3, -0.25) is 0 Å². The molecule has 3 atom stereocenters. The minimum Gasteiger partial charge on any atom is -0.385 e. The third kappa shape index (κ3) is 3.14. The van der Waals surface area contributed by atoms with E-state index in [0.717, 1.165) is 24.1 Å². The first-order chi connectivity index (χ1) is 10.1. The summed E-state index contributed by atoms with van der Waals surface area (Å²) in [7, 11) is -3.35. The molecule has 2 aliphatic carbocycles. The lowest BCUT2D eigenvalue weighted by molar-refractivity contribution is 0.472. The number of sulfonamides is 1. The van der Waals surface area contributed by atoms with Crippen molar-refractivity contribution in [2.75, 3.05) is 18.4 Å². The summed E-state index contributed by atoms with van der Waals surface area (Å²) in [5.41, 5.74) is 0.984. The van der Waals surface area contributed by atoms with E-state index in [1.54, 1.807) is 19.1 Å². The highest BCUT2D eigenvalue weighted by Crippen LogP contribution is 2.43. The van der Waals surface area contributed by atoms with Gasteiger partial charge in [-0.25, -0.2) is 13.1 Å². The number of hydrogen-bond acceptors (Lipinski definition) is 3. The van der Waals surface area contributed by atoms with E-state index in [9.17, 15) is 8.42 Å². The minimum atomic E-state index is -3.35. The van der Waals surface area contributed by atoms with Crippen LogP contribution >= 0.6 is 0 Å². The fourth-order valence-electron chi connectivity index (χ4n) is 3.40. The lowest BCUT2D eigenvalue weighted by atomic mass is 9.93. The molecule has 0 heterocycles. The monoisotopic (exact) mass is 306 g/mol. The van der Waals surface area contributed by atoms with Crippen LogP contribution in [0, 0.1) is 17.8 Å². The summed E-state index contributed by atoms with van der Waals surface area (Å²) in [5.74, 6) is 2.23. The van der Waals surface area contributed by atoms with Gasteiger partial charge in [0.1, 0.15) is 0 Å². The number of benzene rings is 1. The lowest BCUT2D eigenvalue weighted by Gasteiger charge is -2.19. The summed E-state index contributed by atoms with van der Waals surface area (Å²) in [6, 6.07) is 6.99. The van der Waals surface area contributed by atoms with Crippen molar-refractivity contribution in [3.8, 4) is 0 Å². The molecular weight excluding hydrogens is 284 g/mol. The van der Waals surface area contributed by atoms with Crippen molar-refractivity contribution in [3.05, 3.63) is 36.4 Å². The van der Waals surface area contributed by atoms with Crippen LogP contribution in [0.2, 0.25) is 0 Å². The van der Waals surface area contributed by atoms with Crippen LogP contribution in [0.4, 0.5) is 5.69 Å². The smallest absolute Gasteiger partial charge is 0.240 e. The second kappa shape index (κ2) is 5.81. The van der Waals surface area contributed by atoms with E-state index in [-0.39, 0.29) is 0 Å². The van der Waals surface area contributed by atoms with Gasteiger partial charge < -0.3 is 5.32 Å². The zero-order chi connectivity index (χ0) is 14.9. The van der Waals surface area contributed by atoms with E-state index in [4.69, 9.17) is 0 Å². The fourth-order valence-corrected chi connectivity index (χ4v) is 4.44.